The molecule has 110 valence electrons. The molecule has 5 heteroatoms. The molecule has 0 spiro atoms. The highest BCUT2D eigenvalue weighted by atomic mass is 15.4. The molecule has 1 saturated heterocycles. The molecule has 3 unspecified atom stereocenters. The van der Waals surface area contributed by atoms with Gasteiger partial charge in [-0.15, -0.1) is 5.10 Å². The van der Waals surface area contributed by atoms with Crippen molar-refractivity contribution in [3.63, 3.8) is 0 Å². The van der Waals surface area contributed by atoms with Crippen molar-refractivity contribution in [1.29, 1.82) is 0 Å². The predicted octanol–water partition coefficient (Wildman–Crippen LogP) is 2.00. The van der Waals surface area contributed by atoms with Crippen LogP contribution in [0, 0.1) is 0 Å². The minimum Gasteiger partial charge on any atom is -0.338 e. The van der Waals surface area contributed by atoms with E-state index in [1.54, 1.807) is 0 Å². The normalized spacial score (nSPS) is 28.6. The van der Waals surface area contributed by atoms with Gasteiger partial charge in [-0.2, -0.15) is 4.98 Å². The Labute approximate surface area is 124 Å². The molecule has 0 radical (unpaired) electrons. The predicted molar refractivity (Wildman–Crippen MR) is 82.3 cm³/mol. The molecule has 0 amide bonds. The van der Waals surface area contributed by atoms with E-state index in [1.165, 1.54) is 5.56 Å². The highest BCUT2D eigenvalue weighted by Gasteiger charge is 2.42. The lowest BCUT2D eigenvalue weighted by Gasteiger charge is -2.29. The molecular formula is C16H21N5. The third-order valence-electron chi connectivity index (χ3n) is 4.60. The lowest BCUT2D eigenvalue weighted by Crippen LogP contribution is -2.43. The number of hydrogen-bond donors (Lipinski definition) is 2. The molecule has 1 saturated carbocycles. The largest absolute Gasteiger partial charge is 0.338 e. The van der Waals surface area contributed by atoms with Crippen LogP contribution in [0.1, 0.15) is 42.5 Å². The molecule has 2 aliphatic rings. The summed E-state index contributed by atoms with van der Waals surface area (Å²) >= 11 is 0. The molecule has 3 N–H and O–H groups in total. The number of piperidine rings is 1. The van der Waals surface area contributed by atoms with E-state index in [1.807, 2.05) is 0 Å². The van der Waals surface area contributed by atoms with Crippen LogP contribution in [-0.4, -0.2) is 34.3 Å². The molecule has 4 rings (SSSR count). The van der Waals surface area contributed by atoms with Crippen molar-refractivity contribution in [2.45, 2.75) is 37.1 Å². The van der Waals surface area contributed by atoms with Crippen molar-refractivity contribution >= 4 is 5.95 Å². The van der Waals surface area contributed by atoms with Crippen LogP contribution >= 0.6 is 0 Å². The minimum absolute atomic E-state index is 0.249. The van der Waals surface area contributed by atoms with Crippen LogP contribution in [0.5, 0.6) is 0 Å². The van der Waals surface area contributed by atoms with Crippen molar-refractivity contribution in [2.75, 3.05) is 18.0 Å². The molecule has 0 bridgehead atoms. The van der Waals surface area contributed by atoms with Crippen LogP contribution < -0.4 is 10.6 Å². The summed E-state index contributed by atoms with van der Waals surface area (Å²) in [5.74, 6) is 2.93. The zero-order valence-corrected chi connectivity index (χ0v) is 12.1. The van der Waals surface area contributed by atoms with Gasteiger partial charge in [-0.25, -0.2) is 0 Å². The molecule has 1 aromatic heterocycles. The Balaban J connectivity index is 1.46. The molecule has 1 aliphatic heterocycles. The number of hydrogen-bond acceptors (Lipinski definition) is 4. The first-order chi connectivity index (χ1) is 10.3. The van der Waals surface area contributed by atoms with Crippen LogP contribution in [-0.2, 0) is 0 Å². The van der Waals surface area contributed by atoms with Gasteiger partial charge in [-0.1, -0.05) is 30.3 Å². The SMILES string of the molecule is NC1CCCN(c2n[nH]c(C3CC3c3ccccc3)n2)C1. The molecule has 2 heterocycles. The van der Waals surface area contributed by atoms with Crippen molar-refractivity contribution in [3.8, 4) is 0 Å². The Kier molecular flexibility index (Phi) is 3.15. The van der Waals surface area contributed by atoms with Crippen LogP contribution in [0.25, 0.3) is 0 Å². The van der Waals surface area contributed by atoms with Gasteiger partial charge in [-0.3, -0.25) is 5.10 Å². The molecule has 21 heavy (non-hydrogen) atoms. The zero-order valence-electron chi connectivity index (χ0n) is 12.1. The Morgan fingerprint density at radius 2 is 2.05 bits per heavy atom. The molecule has 2 aromatic rings. The Morgan fingerprint density at radius 3 is 2.86 bits per heavy atom. The number of nitrogens with one attached hydrogen (secondary N) is 1. The molecule has 3 atom stereocenters. The molecule has 2 fully saturated rings. The first kappa shape index (κ1) is 12.8. The van der Waals surface area contributed by atoms with E-state index in [2.05, 4.69) is 45.4 Å². The zero-order chi connectivity index (χ0) is 14.2. The lowest BCUT2D eigenvalue weighted by atomic mass is 10.1. The average molecular weight is 283 g/mol. The van der Waals surface area contributed by atoms with Gasteiger partial charge >= 0.3 is 0 Å². The number of aromatic nitrogens is 3. The van der Waals surface area contributed by atoms with Gasteiger partial charge in [-0.05, 0) is 30.7 Å². The molecular weight excluding hydrogens is 262 g/mol. The van der Waals surface area contributed by atoms with Crippen molar-refractivity contribution in [3.05, 3.63) is 41.7 Å². The van der Waals surface area contributed by atoms with E-state index in [4.69, 9.17) is 10.7 Å². The highest BCUT2D eigenvalue weighted by Crippen LogP contribution is 2.53. The highest BCUT2D eigenvalue weighted by molar-refractivity contribution is 5.35. The fraction of sp³-hybridized carbons (Fsp3) is 0.500. The number of rotatable bonds is 3. The van der Waals surface area contributed by atoms with Gasteiger partial charge < -0.3 is 10.6 Å². The quantitative estimate of drug-likeness (QED) is 0.904. The summed E-state index contributed by atoms with van der Waals surface area (Å²) in [5.41, 5.74) is 7.44. The Hall–Kier alpha value is -1.88. The minimum atomic E-state index is 0.249. The summed E-state index contributed by atoms with van der Waals surface area (Å²) in [6, 6.07) is 10.9. The smallest absolute Gasteiger partial charge is 0.244 e. The number of aromatic amines is 1. The molecule has 1 aromatic carbocycles. The van der Waals surface area contributed by atoms with Gasteiger partial charge in [0.2, 0.25) is 5.95 Å². The number of anilines is 1. The maximum Gasteiger partial charge on any atom is 0.244 e. The molecule has 5 nitrogen and oxygen atoms in total. The maximum atomic E-state index is 6.03. The first-order valence-electron chi connectivity index (χ1n) is 7.79. The monoisotopic (exact) mass is 283 g/mol. The van der Waals surface area contributed by atoms with Crippen LogP contribution in [0.2, 0.25) is 0 Å². The summed E-state index contributed by atoms with van der Waals surface area (Å²) in [4.78, 5) is 6.91. The van der Waals surface area contributed by atoms with E-state index < -0.39 is 0 Å². The second kappa shape index (κ2) is 5.15. The Bertz CT molecular complexity index is 608. The summed E-state index contributed by atoms with van der Waals surface area (Å²) < 4.78 is 0. The third kappa shape index (κ3) is 2.53. The fourth-order valence-corrected chi connectivity index (χ4v) is 3.33. The van der Waals surface area contributed by atoms with Crippen molar-refractivity contribution < 1.29 is 0 Å². The first-order valence-corrected chi connectivity index (χ1v) is 7.79. The maximum absolute atomic E-state index is 6.03. The lowest BCUT2D eigenvalue weighted by molar-refractivity contribution is 0.500. The van der Waals surface area contributed by atoms with Gasteiger partial charge in [0.1, 0.15) is 5.82 Å². The van der Waals surface area contributed by atoms with Gasteiger partial charge in [0, 0.05) is 25.0 Å². The number of nitrogens with two attached hydrogens (primary N) is 1. The van der Waals surface area contributed by atoms with Crippen LogP contribution in [0.15, 0.2) is 30.3 Å². The fourth-order valence-electron chi connectivity index (χ4n) is 3.33. The second-order valence-electron chi connectivity index (χ2n) is 6.23. The molecule has 1 aliphatic carbocycles. The topological polar surface area (TPSA) is 70.8 Å². The van der Waals surface area contributed by atoms with E-state index in [0.717, 1.165) is 44.1 Å². The number of nitrogens with zero attached hydrogens (tertiary/aromatic N) is 3. The van der Waals surface area contributed by atoms with Crippen molar-refractivity contribution in [2.24, 2.45) is 5.73 Å². The van der Waals surface area contributed by atoms with Gasteiger partial charge in [0.25, 0.3) is 0 Å². The van der Waals surface area contributed by atoms with E-state index in [-0.39, 0.29) is 6.04 Å². The summed E-state index contributed by atoms with van der Waals surface area (Å²) in [5, 5.41) is 7.53. The average Bonchev–Trinajstić information content (AvgIpc) is 3.17. The second-order valence-corrected chi connectivity index (χ2v) is 6.23. The van der Waals surface area contributed by atoms with E-state index in [9.17, 15) is 0 Å². The van der Waals surface area contributed by atoms with Gasteiger partial charge in [0.15, 0.2) is 0 Å². The van der Waals surface area contributed by atoms with E-state index >= 15 is 0 Å². The van der Waals surface area contributed by atoms with Crippen LogP contribution in [0.4, 0.5) is 5.95 Å². The van der Waals surface area contributed by atoms with Gasteiger partial charge in [0.05, 0.1) is 0 Å². The number of benzene rings is 1. The van der Waals surface area contributed by atoms with E-state index in [0.29, 0.717) is 11.8 Å². The third-order valence-corrected chi connectivity index (χ3v) is 4.60. The Morgan fingerprint density at radius 1 is 1.19 bits per heavy atom. The standard InChI is InChI=1S/C16H21N5/c17-12-7-4-8-21(10-12)16-18-15(19-20-16)14-9-13(14)11-5-2-1-3-6-11/h1-3,5-6,12-14H,4,7-10,17H2,(H,18,19,20). The summed E-state index contributed by atoms with van der Waals surface area (Å²) in [6.07, 6.45) is 3.39. The van der Waals surface area contributed by atoms with Crippen LogP contribution in [0.3, 0.4) is 0 Å². The van der Waals surface area contributed by atoms with Crippen molar-refractivity contribution in [1.82, 2.24) is 15.2 Å². The summed E-state index contributed by atoms with van der Waals surface area (Å²) in [7, 11) is 0. The number of H-pyrrole nitrogens is 1. The summed E-state index contributed by atoms with van der Waals surface area (Å²) in [6.45, 7) is 1.88.